The summed E-state index contributed by atoms with van der Waals surface area (Å²) < 4.78 is 103. The number of aromatic nitrogens is 4. The van der Waals surface area contributed by atoms with Gasteiger partial charge in [-0.25, -0.2) is 34.3 Å². The maximum atomic E-state index is 13.3. The van der Waals surface area contributed by atoms with E-state index in [2.05, 4.69) is 29.6 Å². The number of benzene rings is 1. The number of alkyl halides is 4. The summed E-state index contributed by atoms with van der Waals surface area (Å²) in [7, 11) is -11.6. The van der Waals surface area contributed by atoms with Crippen LogP contribution in [0.5, 0.6) is 0 Å². The number of carboxylic acids is 1. The van der Waals surface area contributed by atoms with Crippen molar-refractivity contribution in [1.82, 2.24) is 28.9 Å². The highest BCUT2D eigenvalue weighted by Gasteiger charge is 2.40. The molecule has 0 saturated heterocycles. The molecule has 2 heterocycles. The number of sulfonamides is 2. The standard InChI is InChI=1S/C19H14F4N8O10S2/c20-14(21)40-30(18(34)28-16-24-5-1-6-25-16)42(36,37)10-3-4-11(13(32)33)12(9-10)43(38,39)31(41-15(22)23)19(35)29-17-26-7-2-8-27-17/h1-9,14-15H,(H,32,33)(H,24,25,28,34)(H,26,27,29,35). The Balaban J connectivity index is 2.13. The minimum absolute atomic E-state index is 0.0453. The Morgan fingerprint density at radius 1 is 0.744 bits per heavy atom. The molecule has 1 aromatic carbocycles. The Kier molecular flexibility index (Phi) is 10.0. The van der Waals surface area contributed by atoms with Crippen LogP contribution < -0.4 is 10.6 Å². The van der Waals surface area contributed by atoms with E-state index in [1.807, 2.05) is 0 Å². The maximum Gasteiger partial charge on any atom is 0.366 e. The molecule has 18 nitrogen and oxygen atoms in total. The van der Waals surface area contributed by atoms with Gasteiger partial charge in [0, 0.05) is 24.8 Å². The fourth-order valence-corrected chi connectivity index (χ4v) is 5.37. The summed E-state index contributed by atoms with van der Waals surface area (Å²) in [5.74, 6) is -3.32. The summed E-state index contributed by atoms with van der Waals surface area (Å²) in [4.78, 5) is 55.4. The molecule has 3 aromatic rings. The molecule has 0 aliphatic rings. The zero-order valence-electron chi connectivity index (χ0n) is 20.5. The summed E-state index contributed by atoms with van der Waals surface area (Å²) in [5, 5.41) is 12.9. The van der Waals surface area contributed by atoms with Gasteiger partial charge in [-0.05, 0) is 30.3 Å². The number of anilines is 2. The summed E-state index contributed by atoms with van der Waals surface area (Å²) in [6, 6.07) is -0.846. The van der Waals surface area contributed by atoms with Gasteiger partial charge in [0.25, 0.3) is 20.0 Å². The number of amides is 4. The van der Waals surface area contributed by atoms with Crippen molar-refractivity contribution in [3.63, 3.8) is 0 Å². The van der Waals surface area contributed by atoms with Gasteiger partial charge >= 0.3 is 31.3 Å². The first kappa shape index (κ1) is 32.4. The van der Waals surface area contributed by atoms with Crippen molar-refractivity contribution in [3.05, 3.63) is 60.7 Å². The Labute approximate surface area is 236 Å². The highest BCUT2D eigenvalue weighted by atomic mass is 32.2. The van der Waals surface area contributed by atoms with E-state index in [0.29, 0.717) is 12.1 Å². The first-order valence-electron chi connectivity index (χ1n) is 10.7. The number of urea groups is 2. The van der Waals surface area contributed by atoms with Crippen LogP contribution in [0.15, 0.2) is 64.9 Å². The van der Waals surface area contributed by atoms with Gasteiger partial charge in [-0.1, -0.05) is 8.94 Å². The van der Waals surface area contributed by atoms with Gasteiger partial charge in [-0.15, -0.1) is 0 Å². The second kappa shape index (κ2) is 13.3. The Morgan fingerprint density at radius 3 is 1.56 bits per heavy atom. The number of rotatable bonds is 11. The van der Waals surface area contributed by atoms with Crippen LogP contribution in [0.4, 0.5) is 39.0 Å². The van der Waals surface area contributed by atoms with E-state index in [-0.39, 0.29) is 6.07 Å². The van der Waals surface area contributed by atoms with E-state index >= 15 is 0 Å². The zero-order chi connectivity index (χ0) is 31.9. The van der Waals surface area contributed by atoms with Crippen molar-refractivity contribution < 1.29 is 63.6 Å². The predicted molar refractivity (Wildman–Crippen MR) is 128 cm³/mol. The van der Waals surface area contributed by atoms with Crippen molar-refractivity contribution in [1.29, 1.82) is 0 Å². The van der Waals surface area contributed by atoms with E-state index in [0.717, 1.165) is 24.8 Å². The number of hydrogen-bond acceptors (Lipinski definition) is 13. The summed E-state index contributed by atoms with van der Waals surface area (Å²) in [5.41, 5.74) is -1.31. The highest BCUT2D eigenvalue weighted by Crippen LogP contribution is 2.28. The van der Waals surface area contributed by atoms with Gasteiger partial charge in [-0.3, -0.25) is 10.6 Å². The van der Waals surface area contributed by atoms with Crippen LogP contribution in [0, 0.1) is 0 Å². The monoisotopic (exact) mass is 654 g/mol. The van der Waals surface area contributed by atoms with Crippen molar-refractivity contribution in [2.75, 3.05) is 10.6 Å². The topological polar surface area (TPSA) is 240 Å². The Hall–Kier alpha value is -5.07. The molecule has 0 atom stereocenters. The lowest BCUT2D eigenvalue weighted by Crippen LogP contribution is -2.42. The van der Waals surface area contributed by atoms with E-state index in [4.69, 9.17) is 0 Å². The lowest BCUT2D eigenvalue weighted by atomic mass is 10.2. The molecule has 0 spiro atoms. The summed E-state index contributed by atoms with van der Waals surface area (Å²) >= 11 is 0. The molecule has 43 heavy (non-hydrogen) atoms. The van der Waals surface area contributed by atoms with Gasteiger partial charge in [0.1, 0.15) is 4.90 Å². The average molecular weight is 654 g/mol. The minimum Gasteiger partial charge on any atom is -0.478 e. The lowest BCUT2D eigenvalue weighted by Gasteiger charge is -2.23. The van der Waals surface area contributed by atoms with Crippen molar-refractivity contribution in [3.8, 4) is 0 Å². The van der Waals surface area contributed by atoms with Gasteiger partial charge in [0.15, 0.2) is 0 Å². The molecular formula is C19H14F4N8O10S2. The largest absolute Gasteiger partial charge is 0.478 e. The first-order valence-corrected chi connectivity index (χ1v) is 13.6. The normalized spacial score (nSPS) is 11.7. The Bertz CT molecular complexity index is 1700. The number of carbonyl (C=O) groups excluding carboxylic acids is 2. The minimum atomic E-state index is -5.90. The average Bonchev–Trinajstić information content (AvgIpc) is 2.94. The number of halogens is 4. The number of carboxylic acid groups (broad SMARTS) is 1. The van der Waals surface area contributed by atoms with Crippen LogP contribution in [0.1, 0.15) is 10.4 Å². The molecule has 0 unspecified atom stereocenters. The molecule has 3 N–H and O–H groups in total. The second-order valence-corrected chi connectivity index (χ2v) is 10.6. The molecule has 0 fully saturated rings. The number of nitrogens with one attached hydrogen (secondary N) is 2. The quantitative estimate of drug-likeness (QED) is 0.197. The third kappa shape index (κ3) is 7.82. The second-order valence-electron chi connectivity index (χ2n) is 7.16. The van der Waals surface area contributed by atoms with Crippen LogP contribution in [0.25, 0.3) is 0 Å². The fourth-order valence-electron chi connectivity index (χ4n) is 2.82. The van der Waals surface area contributed by atoms with Crippen molar-refractivity contribution in [2.45, 2.75) is 23.0 Å². The molecule has 0 bridgehead atoms. The third-order valence-electron chi connectivity index (χ3n) is 4.45. The predicted octanol–water partition coefficient (Wildman–Crippen LogP) is 1.72. The molecule has 4 amide bonds. The molecule has 0 aliphatic carbocycles. The third-order valence-corrected chi connectivity index (χ3v) is 7.57. The zero-order valence-corrected chi connectivity index (χ0v) is 22.1. The number of nitrogens with zero attached hydrogens (tertiary/aromatic N) is 6. The van der Waals surface area contributed by atoms with Crippen molar-refractivity contribution in [2.24, 2.45) is 0 Å². The first-order chi connectivity index (χ1) is 20.1. The van der Waals surface area contributed by atoms with Crippen LogP contribution in [0.2, 0.25) is 0 Å². The summed E-state index contributed by atoms with van der Waals surface area (Å²) in [6.45, 7) is -8.01. The molecule has 24 heteroatoms. The molecular weight excluding hydrogens is 640 g/mol. The van der Waals surface area contributed by atoms with Crippen LogP contribution in [0.3, 0.4) is 0 Å². The summed E-state index contributed by atoms with van der Waals surface area (Å²) in [6.07, 6.45) is 4.26. The van der Waals surface area contributed by atoms with E-state index in [1.165, 1.54) is 12.1 Å². The highest BCUT2D eigenvalue weighted by molar-refractivity contribution is 7.90. The van der Waals surface area contributed by atoms with Gasteiger partial charge in [-0.2, -0.15) is 44.1 Å². The maximum absolute atomic E-state index is 13.3. The smallest absolute Gasteiger partial charge is 0.366 e. The lowest BCUT2D eigenvalue weighted by molar-refractivity contribution is -0.216. The molecule has 3 rings (SSSR count). The van der Waals surface area contributed by atoms with Gasteiger partial charge in [0.2, 0.25) is 11.9 Å². The van der Waals surface area contributed by atoms with Crippen LogP contribution in [-0.2, 0) is 29.7 Å². The fraction of sp³-hybridized carbons (Fsp3) is 0.105. The number of aromatic carboxylic acids is 1. The van der Waals surface area contributed by atoms with Gasteiger partial charge < -0.3 is 5.11 Å². The van der Waals surface area contributed by atoms with Crippen LogP contribution >= 0.6 is 0 Å². The van der Waals surface area contributed by atoms with E-state index in [9.17, 15) is 53.9 Å². The van der Waals surface area contributed by atoms with Gasteiger partial charge in [0.05, 0.1) is 10.5 Å². The number of hydrogen-bond donors (Lipinski definition) is 3. The number of carbonyl (C=O) groups is 3. The molecule has 230 valence electrons. The molecule has 2 aromatic heterocycles. The molecule has 0 radical (unpaired) electrons. The van der Waals surface area contributed by atoms with Crippen LogP contribution in [-0.4, -0.2) is 82.1 Å². The molecule has 0 aliphatic heterocycles. The SMILES string of the molecule is O=C(O)c1ccc(S(=O)(=O)N(OC(F)F)C(=O)Nc2ncccn2)cc1S(=O)(=O)N(OC(F)F)C(=O)Nc1ncccn1. The molecule has 0 saturated carbocycles. The van der Waals surface area contributed by atoms with Crippen molar-refractivity contribution >= 4 is 50.0 Å². The Morgan fingerprint density at radius 2 is 1.16 bits per heavy atom. The van der Waals surface area contributed by atoms with E-state index in [1.54, 1.807) is 10.6 Å². The van der Waals surface area contributed by atoms with E-state index < -0.39 is 87.5 Å². The number of hydroxylamine groups is 2.